The summed E-state index contributed by atoms with van der Waals surface area (Å²) in [6.45, 7) is 0. The van der Waals surface area contributed by atoms with Gasteiger partial charge in [0.1, 0.15) is 0 Å². The van der Waals surface area contributed by atoms with Crippen LogP contribution in [0, 0.1) is 22.7 Å². The van der Waals surface area contributed by atoms with Crippen molar-refractivity contribution in [3.05, 3.63) is 399 Å². The molecule has 0 aliphatic rings. The smallest absolute Gasteiger partial charge is 0.0992 e. The van der Waals surface area contributed by atoms with Crippen molar-refractivity contribution in [1.29, 1.82) is 10.5 Å². The molecule has 24 aromatic rings. The third-order valence-corrected chi connectivity index (χ3v) is 24.2. The summed E-state index contributed by atoms with van der Waals surface area (Å²) < 4.78 is 4.64. The first-order valence-electron chi connectivity index (χ1n) is 38.9. The van der Waals surface area contributed by atoms with Crippen LogP contribution in [-0.2, 0) is 0 Å². The van der Waals surface area contributed by atoms with Gasteiger partial charge in [-0.1, -0.05) is 285 Å². The number of fused-ring (bicyclic) bond motifs is 12. The molecule has 0 bridgehead atoms. The Morgan fingerprint density at radius 2 is 0.474 bits per heavy atom. The first-order chi connectivity index (χ1) is 56.4. The van der Waals surface area contributed by atoms with E-state index < -0.39 is 0 Å². The van der Waals surface area contributed by atoms with Crippen molar-refractivity contribution in [2.24, 2.45) is 0 Å². The number of hydrogen-bond donors (Lipinski definition) is 0. The molecule has 4 heteroatoms. The number of aromatic nitrogens is 2. The number of nitriles is 2. The molecule has 0 spiro atoms. The molecule has 4 nitrogen and oxygen atoms in total. The molecule has 0 fully saturated rings. The van der Waals surface area contributed by atoms with Crippen LogP contribution in [0.1, 0.15) is 11.1 Å². The average Bonchev–Trinajstić information content (AvgIpc) is 1.45. The minimum Gasteiger partial charge on any atom is -0.309 e. The zero-order chi connectivity index (χ0) is 75.2. The lowest BCUT2D eigenvalue weighted by Crippen LogP contribution is -1.94. The fourth-order valence-electron chi connectivity index (χ4n) is 19.1. The second kappa shape index (κ2) is 25.6. The van der Waals surface area contributed by atoms with Crippen LogP contribution in [0.5, 0.6) is 0 Å². The van der Waals surface area contributed by atoms with Gasteiger partial charge in [-0.25, -0.2) is 0 Å². The SMILES string of the molecule is N#Cc1cc2ccc3cc(-c4ccc(-c5cc6c7ccccc7c(-c7ccc8ccccc8c7)cc6c6ccccc56)cc4)cc4c3c2c(c1)n4-c1ccccc1.N#Cc1cc2ccc3cc(-c4ccc(-c5cc6c7ccccc7c(-c7cccc8ccccc78)cc6c6ccccc56)cc4)cc4c3c2c(c1)n4-c1ccccc1. The number of benzene rings is 22. The lowest BCUT2D eigenvalue weighted by atomic mass is 9.86. The summed E-state index contributed by atoms with van der Waals surface area (Å²) in [7, 11) is 0. The lowest BCUT2D eigenvalue weighted by Gasteiger charge is -2.17. The van der Waals surface area contributed by atoms with E-state index in [0.717, 1.165) is 66.5 Å². The molecule has 0 N–H and O–H groups in total. The van der Waals surface area contributed by atoms with Gasteiger partial charge in [-0.2, -0.15) is 10.5 Å². The molecular formula is C110H64N4. The van der Waals surface area contributed by atoms with Crippen molar-refractivity contribution in [2.45, 2.75) is 0 Å². The molecule has 22 aromatic carbocycles. The largest absolute Gasteiger partial charge is 0.309 e. The Balaban J connectivity index is 0.000000135. The Labute approximate surface area is 656 Å². The minimum absolute atomic E-state index is 0.667. The highest BCUT2D eigenvalue weighted by Crippen LogP contribution is 2.49. The molecule has 0 saturated carbocycles. The molecule has 0 aliphatic heterocycles. The highest BCUT2D eigenvalue weighted by Gasteiger charge is 2.24. The molecule has 524 valence electrons. The maximum atomic E-state index is 9.93. The lowest BCUT2D eigenvalue weighted by molar-refractivity contribution is 1.18. The Kier molecular flexibility index (Phi) is 14.5. The van der Waals surface area contributed by atoms with Gasteiger partial charge in [0.05, 0.1) is 45.3 Å². The van der Waals surface area contributed by atoms with E-state index >= 15 is 0 Å². The highest BCUT2D eigenvalue weighted by atomic mass is 15.0. The number of rotatable bonds is 8. The zero-order valence-electron chi connectivity index (χ0n) is 61.7. The number of nitrogens with zero attached hydrogens (tertiary/aromatic N) is 4. The summed E-state index contributed by atoms with van der Waals surface area (Å²) in [5.41, 5.74) is 22.4. The van der Waals surface area contributed by atoms with E-state index in [0.29, 0.717) is 11.1 Å². The van der Waals surface area contributed by atoms with Crippen molar-refractivity contribution < 1.29 is 0 Å². The molecule has 2 aromatic heterocycles. The molecule has 0 atom stereocenters. The van der Waals surface area contributed by atoms with Gasteiger partial charge in [0, 0.05) is 32.9 Å². The minimum atomic E-state index is 0.667. The summed E-state index contributed by atoms with van der Waals surface area (Å²) in [4.78, 5) is 0. The standard InChI is InChI=1S/2C55H32N2/c56-33-34-26-40-24-25-41-29-42(30-53-55(41)54(40)52(27-34)57(53)43-12-2-1-3-13-43)36-18-21-37(22-19-36)48-31-50-47-17-9-7-15-45(47)49(32-51(50)46-16-8-6-14-44(46)48)39-23-20-35-10-4-5-11-38(35)28-39;56-33-34-27-38-25-26-39-29-40(30-53-55(39)54(38)52(28-34)57(53)41-13-2-1-3-14-41)35-21-23-37(24-22-35)48-31-50-47-19-9-8-18-46(47)49(32-51(50)45-17-7-6-16-44(45)48)43-20-10-12-36-11-4-5-15-42(36)43/h2*1-32H. The van der Waals surface area contributed by atoms with Crippen LogP contribution in [0.2, 0.25) is 0 Å². The average molecular weight is 1440 g/mol. The van der Waals surface area contributed by atoms with Gasteiger partial charge in [-0.3, -0.25) is 0 Å². The third kappa shape index (κ3) is 10.1. The molecule has 0 radical (unpaired) electrons. The van der Waals surface area contributed by atoms with E-state index in [4.69, 9.17) is 0 Å². The maximum absolute atomic E-state index is 9.93. The van der Waals surface area contributed by atoms with E-state index in [-0.39, 0.29) is 0 Å². The van der Waals surface area contributed by atoms with Crippen molar-refractivity contribution in [3.8, 4) is 90.3 Å². The number of para-hydroxylation sites is 2. The molecule has 114 heavy (non-hydrogen) atoms. The molecule has 0 amide bonds. The van der Waals surface area contributed by atoms with E-state index in [2.05, 4.69) is 373 Å². The molecule has 0 aliphatic carbocycles. The van der Waals surface area contributed by atoms with Gasteiger partial charge in [0.2, 0.25) is 0 Å². The van der Waals surface area contributed by atoms with Crippen molar-refractivity contribution in [3.63, 3.8) is 0 Å². The van der Waals surface area contributed by atoms with Crippen molar-refractivity contribution in [2.75, 3.05) is 0 Å². The third-order valence-electron chi connectivity index (χ3n) is 24.2. The number of hydrogen-bond acceptors (Lipinski definition) is 2. The molecular weight excluding hydrogens is 1380 g/mol. The Bertz CT molecular complexity index is 8200. The maximum Gasteiger partial charge on any atom is 0.0992 e. The molecule has 0 unspecified atom stereocenters. The quantitative estimate of drug-likeness (QED) is 0.142. The van der Waals surface area contributed by atoms with Crippen LogP contribution >= 0.6 is 0 Å². The first kappa shape index (κ1) is 64.5. The van der Waals surface area contributed by atoms with E-state index in [1.54, 1.807) is 0 Å². The van der Waals surface area contributed by atoms with Gasteiger partial charge in [0.15, 0.2) is 0 Å². The highest BCUT2D eigenvalue weighted by molar-refractivity contribution is 6.29. The topological polar surface area (TPSA) is 57.4 Å². The first-order valence-corrected chi connectivity index (χ1v) is 38.9. The van der Waals surface area contributed by atoms with E-state index in [1.165, 1.54) is 163 Å². The van der Waals surface area contributed by atoms with Crippen LogP contribution in [0.25, 0.3) is 229 Å². The van der Waals surface area contributed by atoms with Crippen LogP contribution in [0.15, 0.2) is 388 Å². The predicted octanol–water partition coefficient (Wildman–Crippen LogP) is 29.7. The predicted molar refractivity (Wildman–Crippen MR) is 481 cm³/mol. The van der Waals surface area contributed by atoms with Crippen LogP contribution < -0.4 is 0 Å². The van der Waals surface area contributed by atoms with Gasteiger partial charge in [0.25, 0.3) is 0 Å². The Morgan fingerprint density at radius 3 is 0.912 bits per heavy atom. The Morgan fingerprint density at radius 1 is 0.167 bits per heavy atom. The normalized spacial score (nSPS) is 11.8. The summed E-state index contributed by atoms with van der Waals surface area (Å²) >= 11 is 0. The van der Waals surface area contributed by atoms with Gasteiger partial charge in [-0.05, 0) is 278 Å². The van der Waals surface area contributed by atoms with E-state index in [9.17, 15) is 10.5 Å². The molecule has 24 rings (SSSR count). The van der Waals surface area contributed by atoms with Gasteiger partial charge >= 0.3 is 0 Å². The van der Waals surface area contributed by atoms with Crippen molar-refractivity contribution >= 4 is 151 Å². The second-order valence-corrected chi connectivity index (χ2v) is 30.4. The fourth-order valence-corrected chi connectivity index (χ4v) is 19.1. The van der Waals surface area contributed by atoms with Gasteiger partial charge in [-0.15, -0.1) is 0 Å². The molecule has 0 saturated heterocycles. The second-order valence-electron chi connectivity index (χ2n) is 30.4. The monoisotopic (exact) mass is 1440 g/mol. The van der Waals surface area contributed by atoms with Crippen LogP contribution in [0.3, 0.4) is 0 Å². The summed E-state index contributed by atoms with van der Waals surface area (Å²) in [5, 5.41) is 49.4. The zero-order valence-corrected chi connectivity index (χ0v) is 61.7. The van der Waals surface area contributed by atoms with Crippen LogP contribution in [-0.4, -0.2) is 9.13 Å². The fraction of sp³-hybridized carbons (Fsp3) is 0. The Hall–Kier alpha value is -15.5. The van der Waals surface area contributed by atoms with Crippen LogP contribution in [0.4, 0.5) is 0 Å². The molecule has 2 heterocycles. The van der Waals surface area contributed by atoms with Gasteiger partial charge < -0.3 is 9.13 Å². The summed E-state index contributed by atoms with van der Waals surface area (Å²) in [6, 6.07) is 146. The summed E-state index contributed by atoms with van der Waals surface area (Å²) in [5.74, 6) is 0. The van der Waals surface area contributed by atoms with E-state index in [1.807, 2.05) is 36.4 Å². The summed E-state index contributed by atoms with van der Waals surface area (Å²) in [6.07, 6.45) is 0. The van der Waals surface area contributed by atoms with Crippen molar-refractivity contribution in [1.82, 2.24) is 9.13 Å².